The molecule has 0 aromatic heterocycles. The molecule has 0 bridgehead atoms. The molecule has 0 amide bonds. The van der Waals surface area contributed by atoms with Crippen molar-refractivity contribution in [2.75, 3.05) is 18.6 Å². The van der Waals surface area contributed by atoms with E-state index in [1.165, 1.54) is 6.07 Å². The Morgan fingerprint density at radius 3 is 2.76 bits per heavy atom. The van der Waals surface area contributed by atoms with Gasteiger partial charge in [0, 0.05) is 12.6 Å². The standard InChI is InChI=1S/C10H15N3O3S/c11-12-9-3-1-2-4-10(9)17(14,15)13-8-5-6-16-7-8/h1-4,8,12-13H,5-7,11H2. The number of hydrazine groups is 1. The van der Waals surface area contributed by atoms with Gasteiger partial charge >= 0.3 is 0 Å². The quantitative estimate of drug-likeness (QED) is 0.523. The highest BCUT2D eigenvalue weighted by molar-refractivity contribution is 7.89. The third-order valence-electron chi connectivity index (χ3n) is 2.58. The summed E-state index contributed by atoms with van der Waals surface area (Å²) in [5.41, 5.74) is 2.75. The fourth-order valence-electron chi connectivity index (χ4n) is 1.73. The van der Waals surface area contributed by atoms with Crippen molar-refractivity contribution in [3.05, 3.63) is 24.3 Å². The Morgan fingerprint density at radius 1 is 1.35 bits per heavy atom. The molecule has 1 saturated heterocycles. The van der Waals surface area contributed by atoms with E-state index < -0.39 is 10.0 Å². The number of para-hydroxylation sites is 1. The van der Waals surface area contributed by atoms with Crippen LogP contribution in [0.5, 0.6) is 0 Å². The Kier molecular flexibility index (Phi) is 3.63. The molecule has 6 nitrogen and oxygen atoms in total. The van der Waals surface area contributed by atoms with E-state index in [-0.39, 0.29) is 10.9 Å². The van der Waals surface area contributed by atoms with Crippen molar-refractivity contribution in [1.82, 2.24) is 4.72 Å². The zero-order chi connectivity index (χ0) is 12.3. The van der Waals surface area contributed by atoms with Gasteiger partial charge in [0.05, 0.1) is 12.3 Å². The van der Waals surface area contributed by atoms with Crippen molar-refractivity contribution in [1.29, 1.82) is 0 Å². The molecule has 1 aliphatic heterocycles. The summed E-state index contributed by atoms with van der Waals surface area (Å²) in [5.74, 6) is 5.29. The highest BCUT2D eigenvalue weighted by Gasteiger charge is 2.24. The summed E-state index contributed by atoms with van der Waals surface area (Å²) in [5, 5.41) is 0. The van der Waals surface area contributed by atoms with Gasteiger partial charge < -0.3 is 10.2 Å². The monoisotopic (exact) mass is 257 g/mol. The van der Waals surface area contributed by atoms with E-state index in [0.717, 1.165) is 0 Å². The lowest BCUT2D eigenvalue weighted by atomic mass is 10.3. The van der Waals surface area contributed by atoms with Gasteiger partial charge in [0.1, 0.15) is 4.90 Å². The summed E-state index contributed by atoms with van der Waals surface area (Å²) < 4.78 is 31.9. The number of ether oxygens (including phenoxy) is 1. The Morgan fingerprint density at radius 2 is 2.12 bits per heavy atom. The van der Waals surface area contributed by atoms with Crippen molar-refractivity contribution in [2.45, 2.75) is 17.4 Å². The molecule has 2 rings (SSSR count). The van der Waals surface area contributed by atoms with E-state index >= 15 is 0 Å². The Labute approximate surface area is 100 Å². The summed E-state index contributed by atoms with van der Waals surface area (Å²) in [4.78, 5) is 0.148. The van der Waals surface area contributed by atoms with E-state index in [0.29, 0.717) is 25.3 Å². The number of rotatable bonds is 4. The molecule has 17 heavy (non-hydrogen) atoms. The van der Waals surface area contributed by atoms with Crippen LogP contribution < -0.4 is 16.0 Å². The fourth-order valence-corrected chi connectivity index (χ4v) is 3.16. The van der Waals surface area contributed by atoms with Gasteiger partial charge in [-0.15, -0.1) is 0 Å². The second-order valence-electron chi connectivity index (χ2n) is 3.82. The van der Waals surface area contributed by atoms with E-state index in [1.54, 1.807) is 18.2 Å². The first kappa shape index (κ1) is 12.3. The molecule has 1 heterocycles. The van der Waals surface area contributed by atoms with Crippen LogP contribution in [-0.2, 0) is 14.8 Å². The molecule has 4 N–H and O–H groups in total. The van der Waals surface area contributed by atoms with Crippen LogP contribution in [0.2, 0.25) is 0 Å². The largest absolute Gasteiger partial charge is 0.380 e. The average Bonchev–Trinajstić information content (AvgIpc) is 2.81. The van der Waals surface area contributed by atoms with Crippen LogP contribution in [-0.4, -0.2) is 27.7 Å². The molecular weight excluding hydrogens is 242 g/mol. The molecule has 0 radical (unpaired) electrons. The van der Waals surface area contributed by atoms with Gasteiger partial charge in [-0.1, -0.05) is 12.1 Å². The zero-order valence-corrected chi connectivity index (χ0v) is 10.0. The van der Waals surface area contributed by atoms with Crippen molar-refractivity contribution in [2.24, 2.45) is 5.84 Å². The van der Waals surface area contributed by atoms with E-state index in [2.05, 4.69) is 10.1 Å². The second kappa shape index (κ2) is 5.01. The minimum Gasteiger partial charge on any atom is -0.380 e. The first-order chi connectivity index (χ1) is 8.13. The number of anilines is 1. The van der Waals surface area contributed by atoms with Gasteiger partial charge in [0.2, 0.25) is 10.0 Å². The normalized spacial score (nSPS) is 20.4. The van der Waals surface area contributed by atoms with Crippen LogP contribution in [0.25, 0.3) is 0 Å². The fraction of sp³-hybridized carbons (Fsp3) is 0.400. The van der Waals surface area contributed by atoms with Gasteiger partial charge in [-0.2, -0.15) is 0 Å². The minimum absolute atomic E-state index is 0.148. The van der Waals surface area contributed by atoms with Crippen molar-refractivity contribution >= 4 is 15.7 Å². The summed E-state index contributed by atoms with van der Waals surface area (Å²) >= 11 is 0. The van der Waals surface area contributed by atoms with Crippen molar-refractivity contribution in [3.63, 3.8) is 0 Å². The first-order valence-corrected chi connectivity index (χ1v) is 6.77. The smallest absolute Gasteiger partial charge is 0.243 e. The molecule has 1 aliphatic rings. The number of nitrogens with two attached hydrogens (primary N) is 1. The highest BCUT2D eigenvalue weighted by Crippen LogP contribution is 2.20. The summed E-state index contributed by atoms with van der Waals surface area (Å²) in [7, 11) is -3.56. The maximum atomic E-state index is 12.1. The molecule has 1 aromatic carbocycles. The third kappa shape index (κ3) is 2.75. The summed E-state index contributed by atoms with van der Waals surface area (Å²) in [6, 6.07) is 6.33. The summed E-state index contributed by atoms with van der Waals surface area (Å²) in [6.45, 7) is 1.00. The molecular formula is C10H15N3O3S. The molecule has 94 valence electrons. The lowest BCUT2D eigenvalue weighted by Crippen LogP contribution is -2.35. The number of nitrogens with one attached hydrogen (secondary N) is 2. The van der Waals surface area contributed by atoms with E-state index in [4.69, 9.17) is 10.6 Å². The highest BCUT2D eigenvalue weighted by atomic mass is 32.2. The minimum atomic E-state index is -3.56. The van der Waals surface area contributed by atoms with Gasteiger partial charge in [-0.05, 0) is 18.6 Å². The maximum absolute atomic E-state index is 12.1. The lowest BCUT2D eigenvalue weighted by molar-refractivity contribution is 0.192. The van der Waals surface area contributed by atoms with Crippen molar-refractivity contribution in [3.8, 4) is 0 Å². The first-order valence-electron chi connectivity index (χ1n) is 5.29. The van der Waals surface area contributed by atoms with Gasteiger partial charge in [0.15, 0.2) is 0 Å². The topological polar surface area (TPSA) is 93.5 Å². The van der Waals surface area contributed by atoms with Crippen LogP contribution in [0.3, 0.4) is 0 Å². The maximum Gasteiger partial charge on any atom is 0.243 e. The SMILES string of the molecule is NNc1ccccc1S(=O)(=O)NC1CCOC1. The van der Waals surface area contributed by atoms with Crippen LogP contribution in [0.15, 0.2) is 29.2 Å². The number of hydrogen-bond donors (Lipinski definition) is 3. The molecule has 7 heteroatoms. The molecule has 1 fully saturated rings. The van der Waals surface area contributed by atoms with Gasteiger partial charge in [-0.3, -0.25) is 5.84 Å². The molecule has 1 atom stereocenters. The van der Waals surface area contributed by atoms with Crippen molar-refractivity contribution < 1.29 is 13.2 Å². The third-order valence-corrected chi connectivity index (χ3v) is 4.16. The molecule has 0 spiro atoms. The van der Waals surface area contributed by atoms with Crippen LogP contribution >= 0.6 is 0 Å². The predicted octanol–water partition coefficient (Wildman–Crippen LogP) is 0.0394. The summed E-state index contributed by atoms with van der Waals surface area (Å²) in [6.07, 6.45) is 0.692. The molecule has 1 aromatic rings. The number of benzene rings is 1. The average molecular weight is 257 g/mol. The van der Waals surface area contributed by atoms with E-state index in [1.807, 2.05) is 0 Å². The zero-order valence-electron chi connectivity index (χ0n) is 9.22. The number of hydrogen-bond acceptors (Lipinski definition) is 5. The molecule has 0 saturated carbocycles. The lowest BCUT2D eigenvalue weighted by Gasteiger charge is -2.13. The molecule has 0 aliphatic carbocycles. The van der Waals surface area contributed by atoms with Crippen LogP contribution in [0.4, 0.5) is 5.69 Å². The Bertz CT molecular complexity index is 483. The van der Waals surface area contributed by atoms with Crippen LogP contribution in [0.1, 0.15) is 6.42 Å². The van der Waals surface area contributed by atoms with E-state index in [9.17, 15) is 8.42 Å². The van der Waals surface area contributed by atoms with Gasteiger partial charge in [0.25, 0.3) is 0 Å². The molecule has 1 unspecified atom stereocenters. The number of nitrogen functional groups attached to an aromatic ring is 1. The Hall–Kier alpha value is -1.15. The Balaban J connectivity index is 2.24. The van der Waals surface area contributed by atoms with Gasteiger partial charge in [-0.25, -0.2) is 13.1 Å². The second-order valence-corrected chi connectivity index (χ2v) is 5.50. The number of sulfonamides is 1. The van der Waals surface area contributed by atoms with Crippen LogP contribution in [0, 0.1) is 0 Å². The predicted molar refractivity (Wildman–Crippen MR) is 63.8 cm³/mol.